The Morgan fingerprint density at radius 2 is 1.91 bits per heavy atom. The van der Waals surface area contributed by atoms with Gasteiger partial charge in [0, 0.05) is 41.9 Å². The van der Waals surface area contributed by atoms with Crippen molar-refractivity contribution >= 4 is 40.2 Å². The zero-order valence-electron chi connectivity index (χ0n) is 18.6. The number of benzene rings is 1. The lowest BCUT2D eigenvalue weighted by Gasteiger charge is -2.16. The molecule has 0 amide bonds. The van der Waals surface area contributed by atoms with Gasteiger partial charge >= 0.3 is 0 Å². The van der Waals surface area contributed by atoms with Crippen LogP contribution in [0.3, 0.4) is 0 Å². The van der Waals surface area contributed by atoms with E-state index in [9.17, 15) is 8.42 Å². The van der Waals surface area contributed by atoms with Crippen LogP contribution in [0, 0.1) is 0 Å². The molecule has 4 rings (SSSR count). The summed E-state index contributed by atoms with van der Waals surface area (Å²) in [5, 5.41) is 8.25. The maximum atomic E-state index is 11.6. The minimum atomic E-state index is -3.22. The average molecular weight is 487 g/mol. The minimum absolute atomic E-state index is 0. The number of nitrogens with one attached hydrogen (secondary N) is 1. The van der Waals surface area contributed by atoms with Crippen LogP contribution < -0.4 is 10.1 Å². The van der Waals surface area contributed by atoms with E-state index in [1.807, 2.05) is 30.3 Å². The maximum Gasteiger partial charge on any atom is 0.167 e. The second kappa shape index (κ2) is 10.2. The van der Waals surface area contributed by atoms with Gasteiger partial charge in [-0.2, -0.15) is 18.6 Å². The normalized spacial score (nSPS) is 12.2. The van der Waals surface area contributed by atoms with Crippen LogP contribution >= 0.6 is 13.5 Å². The van der Waals surface area contributed by atoms with Gasteiger partial charge in [0.25, 0.3) is 0 Å². The molecule has 11 heteroatoms. The third kappa shape index (κ3) is 5.79. The van der Waals surface area contributed by atoms with Crippen LogP contribution in [0.15, 0.2) is 55.1 Å². The largest absolute Gasteiger partial charge is 0.496 e. The van der Waals surface area contributed by atoms with E-state index >= 15 is 0 Å². The second-order valence-corrected chi connectivity index (χ2v) is 9.76. The highest BCUT2D eigenvalue weighted by Gasteiger charge is 2.13. The molecule has 0 aliphatic heterocycles. The highest BCUT2D eigenvalue weighted by Crippen LogP contribution is 2.27. The van der Waals surface area contributed by atoms with E-state index in [-0.39, 0.29) is 25.3 Å². The van der Waals surface area contributed by atoms with Gasteiger partial charge < -0.3 is 10.1 Å². The number of anilines is 1. The van der Waals surface area contributed by atoms with E-state index in [1.165, 1.54) is 17.3 Å². The molecule has 0 fully saturated rings. The van der Waals surface area contributed by atoms with Crippen LogP contribution in [-0.2, 0) is 15.7 Å². The number of rotatable bonds is 8. The number of sulfone groups is 1. The monoisotopic (exact) mass is 486 g/mol. The van der Waals surface area contributed by atoms with E-state index in [0.717, 1.165) is 22.3 Å². The first-order valence-electron chi connectivity index (χ1n) is 10.0. The molecule has 1 N–H and O–H groups in total. The third-order valence-corrected chi connectivity index (χ3v) is 5.77. The lowest BCUT2D eigenvalue weighted by molar-refractivity contribution is 0.407. The smallest absolute Gasteiger partial charge is 0.167 e. The van der Waals surface area contributed by atoms with E-state index in [2.05, 4.69) is 38.4 Å². The molecular weight excluding hydrogens is 460 g/mol. The van der Waals surface area contributed by atoms with Crippen LogP contribution in [0.5, 0.6) is 5.75 Å². The minimum Gasteiger partial charge on any atom is -0.496 e. The SMILES string of the molecule is COc1ccccc1[C@H](C)CNc1cc(-c2cnc3c(cnn3CS(C)(=O)=O)c2)ncn1.S. The number of hydrogen-bond acceptors (Lipinski definition) is 8. The van der Waals surface area contributed by atoms with E-state index in [4.69, 9.17) is 4.74 Å². The summed E-state index contributed by atoms with van der Waals surface area (Å²) in [5.41, 5.74) is 3.13. The summed E-state index contributed by atoms with van der Waals surface area (Å²) in [4.78, 5) is 13.1. The lowest BCUT2D eigenvalue weighted by Crippen LogP contribution is -2.12. The van der Waals surface area contributed by atoms with Gasteiger partial charge in [-0.05, 0) is 17.7 Å². The quantitative estimate of drug-likeness (QED) is 0.404. The van der Waals surface area contributed by atoms with Crippen LogP contribution in [0.4, 0.5) is 5.82 Å². The van der Waals surface area contributed by atoms with Gasteiger partial charge in [-0.15, -0.1) is 0 Å². The Balaban J connectivity index is 0.00000306. The molecule has 0 bridgehead atoms. The Hall–Kier alpha value is -3.18. The van der Waals surface area contributed by atoms with E-state index in [1.54, 1.807) is 19.5 Å². The number of para-hydroxylation sites is 1. The fraction of sp³-hybridized carbons (Fsp3) is 0.273. The van der Waals surface area contributed by atoms with Crippen molar-refractivity contribution in [2.45, 2.75) is 18.7 Å². The summed E-state index contributed by atoms with van der Waals surface area (Å²) >= 11 is 0. The number of fused-ring (bicyclic) bond motifs is 1. The number of hydrogen-bond donors (Lipinski definition) is 1. The Morgan fingerprint density at radius 1 is 1.12 bits per heavy atom. The summed E-state index contributed by atoms with van der Waals surface area (Å²) in [5.74, 6) is 1.56. The molecule has 0 aliphatic carbocycles. The van der Waals surface area contributed by atoms with Crippen LogP contribution in [0.25, 0.3) is 22.3 Å². The molecule has 0 radical (unpaired) electrons. The molecule has 4 aromatic rings. The van der Waals surface area contributed by atoms with Crippen molar-refractivity contribution < 1.29 is 13.2 Å². The summed E-state index contributed by atoms with van der Waals surface area (Å²) in [6.45, 7) is 2.80. The number of nitrogens with zero attached hydrogens (tertiary/aromatic N) is 5. The molecule has 0 saturated carbocycles. The third-order valence-electron chi connectivity index (χ3n) is 5.05. The topological polar surface area (TPSA) is 112 Å². The lowest BCUT2D eigenvalue weighted by atomic mass is 10.00. The first-order chi connectivity index (χ1) is 15.3. The summed E-state index contributed by atoms with van der Waals surface area (Å²) in [7, 11) is -1.55. The van der Waals surface area contributed by atoms with Crippen LogP contribution in [0.1, 0.15) is 18.4 Å². The highest BCUT2D eigenvalue weighted by atomic mass is 32.2. The first kappa shape index (κ1) is 24.5. The van der Waals surface area contributed by atoms with Crippen molar-refractivity contribution in [1.82, 2.24) is 24.7 Å². The second-order valence-electron chi connectivity index (χ2n) is 7.65. The molecule has 0 saturated heterocycles. The van der Waals surface area contributed by atoms with E-state index in [0.29, 0.717) is 23.7 Å². The standard InChI is InChI=1S/C22H24N6O3S.H2S/c1-15(18-6-4-5-7-20(18)31-2)10-23-21-9-19(25-13-26-21)16-8-17-12-27-28(14-32(3,29)30)22(17)24-11-16;/h4-9,11-13,15H,10,14H2,1-3H3,(H,23,25,26);1H2/t15-;/m1./s1. The molecule has 9 nitrogen and oxygen atoms in total. The van der Waals surface area contributed by atoms with Gasteiger partial charge in [0.2, 0.25) is 0 Å². The van der Waals surface area contributed by atoms with Crippen LogP contribution in [0.2, 0.25) is 0 Å². The Bertz CT molecular complexity index is 1360. The van der Waals surface area contributed by atoms with Crippen molar-refractivity contribution in [3.8, 4) is 17.0 Å². The summed E-state index contributed by atoms with van der Waals surface area (Å²) in [6.07, 6.45) is 5.93. The van der Waals surface area contributed by atoms with Crippen molar-refractivity contribution in [2.24, 2.45) is 0 Å². The summed E-state index contributed by atoms with van der Waals surface area (Å²) in [6, 6.07) is 11.7. The Morgan fingerprint density at radius 3 is 2.67 bits per heavy atom. The van der Waals surface area contributed by atoms with Gasteiger partial charge in [0.05, 0.1) is 19.0 Å². The zero-order chi connectivity index (χ0) is 22.7. The van der Waals surface area contributed by atoms with Crippen molar-refractivity contribution in [1.29, 1.82) is 0 Å². The van der Waals surface area contributed by atoms with Gasteiger partial charge in [0.15, 0.2) is 15.5 Å². The molecule has 0 spiro atoms. The Kier molecular flexibility index (Phi) is 7.54. The predicted molar refractivity (Wildman–Crippen MR) is 134 cm³/mol. The van der Waals surface area contributed by atoms with Gasteiger partial charge in [0.1, 0.15) is 23.8 Å². The van der Waals surface area contributed by atoms with Gasteiger partial charge in [-0.1, -0.05) is 25.1 Å². The highest BCUT2D eigenvalue weighted by molar-refractivity contribution is 7.89. The van der Waals surface area contributed by atoms with Crippen LogP contribution in [-0.4, -0.2) is 53.1 Å². The average Bonchev–Trinajstić information content (AvgIpc) is 3.18. The van der Waals surface area contributed by atoms with Gasteiger partial charge in [-0.3, -0.25) is 0 Å². The summed E-state index contributed by atoms with van der Waals surface area (Å²) < 4.78 is 30.0. The van der Waals surface area contributed by atoms with Crippen molar-refractivity contribution in [2.75, 3.05) is 25.2 Å². The molecule has 174 valence electrons. The zero-order valence-corrected chi connectivity index (χ0v) is 20.4. The van der Waals surface area contributed by atoms with E-state index < -0.39 is 9.84 Å². The number of aromatic nitrogens is 5. The van der Waals surface area contributed by atoms with Crippen molar-refractivity contribution in [3.63, 3.8) is 0 Å². The molecule has 0 unspecified atom stereocenters. The molecule has 3 heterocycles. The number of ether oxygens (including phenoxy) is 1. The Labute approximate surface area is 199 Å². The molecule has 33 heavy (non-hydrogen) atoms. The number of pyridine rings is 1. The van der Waals surface area contributed by atoms with Gasteiger partial charge in [-0.25, -0.2) is 28.1 Å². The molecule has 0 aliphatic rings. The first-order valence-corrected chi connectivity index (χ1v) is 12.1. The molecule has 1 atom stereocenters. The fourth-order valence-electron chi connectivity index (χ4n) is 3.48. The molecule has 1 aromatic carbocycles. The molecular formula is C22H26N6O3S2. The fourth-order valence-corrected chi connectivity index (χ4v) is 4.11. The maximum absolute atomic E-state index is 11.6. The number of methoxy groups -OCH3 is 1. The van der Waals surface area contributed by atoms with Crippen molar-refractivity contribution in [3.05, 3.63) is 60.7 Å². The molecule has 3 aromatic heterocycles. The predicted octanol–water partition coefficient (Wildman–Crippen LogP) is 3.23.